The predicted octanol–water partition coefficient (Wildman–Crippen LogP) is 4.28. The SMILES string of the molecule is CN(CC[C@@]1(C=O)Cc2cccc(C(=O)NO)c2C1)Cc1ccc(Cl)c(C(F)(F)F)c1. The first kappa shape index (κ1) is 23.2. The van der Waals surface area contributed by atoms with E-state index in [-0.39, 0.29) is 11.6 Å². The first-order valence-corrected chi connectivity index (χ1v) is 10.0. The summed E-state index contributed by atoms with van der Waals surface area (Å²) >= 11 is 5.67. The van der Waals surface area contributed by atoms with Crippen molar-refractivity contribution in [3.63, 3.8) is 0 Å². The summed E-state index contributed by atoms with van der Waals surface area (Å²) in [5.74, 6) is -0.626. The molecule has 2 N–H and O–H groups in total. The van der Waals surface area contributed by atoms with Crippen LogP contribution >= 0.6 is 11.6 Å². The summed E-state index contributed by atoms with van der Waals surface area (Å²) in [7, 11) is 1.77. The first-order valence-electron chi connectivity index (χ1n) is 9.64. The van der Waals surface area contributed by atoms with Crippen LogP contribution in [-0.2, 0) is 30.4 Å². The molecule has 3 rings (SSSR count). The fourth-order valence-electron chi connectivity index (χ4n) is 4.09. The van der Waals surface area contributed by atoms with Gasteiger partial charge in [0.05, 0.1) is 10.6 Å². The van der Waals surface area contributed by atoms with Gasteiger partial charge in [-0.2, -0.15) is 13.2 Å². The number of nitrogens with zero attached hydrogens (tertiary/aromatic N) is 1. The maximum absolute atomic E-state index is 13.1. The average Bonchev–Trinajstić information content (AvgIpc) is 3.11. The Bertz CT molecular complexity index is 996. The predicted molar refractivity (Wildman–Crippen MR) is 109 cm³/mol. The maximum Gasteiger partial charge on any atom is 0.417 e. The van der Waals surface area contributed by atoms with Gasteiger partial charge in [0, 0.05) is 17.5 Å². The number of benzene rings is 2. The Kier molecular flexibility index (Phi) is 6.73. The molecule has 0 radical (unpaired) electrons. The Morgan fingerprint density at radius 1 is 1.29 bits per heavy atom. The molecule has 0 unspecified atom stereocenters. The van der Waals surface area contributed by atoms with E-state index in [9.17, 15) is 22.8 Å². The molecule has 2 aromatic carbocycles. The summed E-state index contributed by atoms with van der Waals surface area (Å²) in [4.78, 5) is 25.8. The van der Waals surface area contributed by atoms with E-state index in [4.69, 9.17) is 16.8 Å². The van der Waals surface area contributed by atoms with E-state index in [1.165, 1.54) is 6.07 Å². The number of fused-ring (bicyclic) bond motifs is 1. The highest BCUT2D eigenvalue weighted by atomic mass is 35.5. The lowest BCUT2D eigenvalue weighted by molar-refractivity contribution is -0.137. The molecule has 166 valence electrons. The van der Waals surface area contributed by atoms with E-state index in [1.807, 2.05) is 11.0 Å². The number of amides is 1. The number of carbonyl (C=O) groups is 2. The van der Waals surface area contributed by atoms with Gasteiger partial charge in [0.15, 0.2) is 0 Å². The Morgan fingerprint density at radius 2 is 2.03 bits per heavy atom. The third-order valence-electron chi connectivity index (χ3n) is 5.72. The quantitative estimate of drug-likeness (QED) is 0.372. The van der Waals surface area contributed by atoms with Crippen molar-refractivity contribution < 1.29 is 28.0 Å². The van der Waals surface area contributed by atoms with Crippen LogP contribution in [-0.4, -0.2) is 35.9 Å². The molecular weight excluding hydrogens is 433 g/mol. The number of nitrogens with one attached hydrogen (secondary N) is 1. The van der Waals surface area contributed by atoms with Gasteiger partial charge in [-0.25, -0.2) is 5.48 Å². The van der Waals surface area contributed by atoms with Crippen LogP contribution in [0.15, 0.2) is 36.4 Å². The molecule has 0 bridgehead atoms. The van der Waals surface area contributed by atoms with Crippen molar-refractivity contribution in [1.82, 2.24) is 10.4 Å². The summed E-state index contributed by atoms with van der Waals surface area (Å²) in [5, 5.41) is 8.61. The number of hydrogen-bond donors (Lipinski definition) is 2. The Labute approximate surface area is 182 Å². The molecule has 0 fully saturated rings. The summed E-state index contributed by atoms with van der Waals surface area (Å²) < 4.78 is 39.2. The van der Waals surface area contributed by atoms with E-state index in [0.29, 0.717) is 36.9 Å². The molecule has 31 heavy (non-hydrogen) atoms. The third kappa shape index (κ3) is 5.08. The van der Waals surface area contributed by atoms with Crippen LogP contribution in [0.3, 0.4) is 0 Å². The van der Waals surface area contributed by atoms with Crippen LogP contribution in [0.2, 0.25) is 5.02 Å². The van der Waals surface area contributed by atoms with Gasteiger partial charge in [-0.3, -0.25) is 10.0 Å². The van der Waals surface area contributed by atoms with Gasteiger partial charge < -0.3 is 9.69 Å². The monoisotopic (exact) mass is 454 g/mol. The number of rotatable bonds is 7. The minimum atomic E-state index is -4.53. The molecule has 0 heterocycles. The lowest BCUT2D eigenvalue weighted by Crippen LogP contribution is -2.30. The molecule has 1 aliphatic carbocycles. The number of hydroxylamine groups is 1. The molecule has 1 aliphatic rings. The fourth-order valence-corrected chi connectivity index (χ4v) is 4.31. The molecule has 5 nitrogen and oxygen atoms in total. The summed E-state index contributed by atoms with van der Waals surface area (Å²) in [5.41, 5.74) is 2.46. The van der Waals surface area contributed by atoms with Crippen molar-refractivity contribution in [2.45, 2.75) is 32.0 Å². The molecule has 0 aliphatic heterocycles. The average molecular weight is 455 g/mol. The normalized spacial score (nSPS) is 18.2. The summed E-state index contributed by atoms with van der Waals surface area (Å²) in [6, 6.07) is 8.98. The second-order valence-corrected chi connectivity index (χ2v) is 8.42. The van der Waals surface area contributed by atoms with Gasteiger partial charge in [-0.1, -0.05) is 29.8 Å². The molecule has 0 saturated carbocycles. The molecule has 0 spiro atoms. The highest BCUT2D eigenvalue weighted by molar-refractivity contribution is 6.31. The van der Waals surface area contributed by atoms with Gasteiger partial charge in [0.2, 0.25) is 0 Å². The van der Waals surface area contributed by atoms with Crippen molar-refractivity contribution in [1.29, 1.82) is 0 Å². The standard InChI is InChI=1S/C22H22ClF3N2O3/c1-28(12-14-5-6-19(23)18(9-14)22(24,25)26)8-7-21(13-29)10-15-3-2-4-16(17(15)11-21)20(30)27-31/h2-6,9,13,31H,7-8,10-12H2,1H3,(H,27,30)/t21-/m1/s1. The van der Waals surface area contributed by atoms with Crippen LogP contribution < -0.4 is 5.48 Å². The highest BCUT2D eigenvalue weighted by Gasteiger charge is 2.39. The third-order valence-corrected chi connectivity index (χ3v) is 6.05. The van der Waals surface area contributed by atoms with E-state index in [2.05, 4.69) is 0 Å². The molecule has 9 heteroatoms. The van der Waals surface area contributed by atoms with Gasteiger partial charge in [0.25, 0.3) is 5.91 Å². The van der Waals surface area contributed by atoms with Crippen LogP contribution in [0.4, 0.5) is 13.2 Å². The van der Waals surface area contributed by atoms with Gasteiger partial charge in [-0.05, 0) is 67.7 Å². The second-order valence-electron chi connectivity index (χ2n) is 8.02. The lowest BCUT2D eigenvalue weighted by Gasteiger charge is -2.26. The Morgan fingerprint density at radius 3 is 2.68 bits per heavy atom. The molecule has 1 atom stereocenters. The second kappa shape index (κ2) is 8.98. The van der Waals surface area contributed by atoms with Crippen molar-refractivity contribution in [3.8, 4) is 0 Å². The number of carbonyl (C=O) groups excluding carboxylic acids is 2. The summed E-state index contributed by atoms with van der Waals surface area (Å²) in [6.45, 7) is 0.735. The van der Waals surface area contributed by atoms with Crippen molar-refractivity contribution in [2.75, 3.05) is 13.6 Å². The van der Waals surface area contributed by atoms with E-state index >= 15 is 0 Å². The minimum absolute atomic E-state index is 0.264. The fraction of sp³-hybridized carbons (Fsp3) is 0.364. The van der Waals surface area contributed by atoms with Crippen molar-refractivity contribution in [2.24, 2.45) is 5.41 Å². The number of hydrogen-bond acceptors (Lipinski definition) is 4. The number of alkyl halides is 3. The van der Waals surface area contributed by atoms with E-state index < -0.39 is 23.1 Å². The molecule has 0 aromatic heterocycles. The van der Waals surface area contributed by atoms with Crippen LogP contribution in [0.25, 0.3) is 0 Å². The Balaban J connectivity index is 1.69. The van der Waals surface area contributed by atoms with E-state index in [0.717, 1.165) is 23.5 Å². The molecule has 0 saturated heterocycles. The first-order chi connectivity index (χ1) is 14.6. The van der Waals surface area contributed by atoms with E-state index in [1.54, 1.807) is 30.7 Å². The minimum Gasteiger partial charge on any atom is -0.303 e. The summed E-state index contributed by atoms with van der Waals surface area (Å²) in [6.07, 6.45) is -2.33. The smallest absolute Gasteiger partial charge is 0.303 e. The van der Waals surface area contributed by atoms with Gasteiger partial charge in [0.1, 0.15) is 6.29 Å². The number of aldehydes is 1. The molecule has 2 aromatic rings. The van der Waals surface area contributed by atoms with Crippen molar-refractivity contribution in [3.05, 3.63) is 69.2 Å². The van der Waals surface area contributed by atoms with Crippen LogP contribution in [0.1, 0.15) is 39.0 Å². The zero-order chi connectivity index (χ0) is 22.8. The number of halogens is 4. The lowest BCUT2D eigenvalue weighted by atomic mass is 9.82. The van der Waals surface area contributed by atoms with Crippen LogP contribution in [0.5, 0.6) is 0 Å². The Hall–Kier alpha value is -2.42. The highest BCUT2D eigenvalue weighted by Crippen LogP contribution is 2.40. The maximum atomic E-state index is 13.1. The largest absolute Gasteiger partial charge is 0.417 e. The molecular formula is C22H22ClF3N2O3. The van der Waals surface area contributed by atoms with Gasteiger partial charge in [-0.15, -0.1) is 0 Å². The van der Waals surface area contributed by atoms with Crippen molar-refractivity contribution >= 4 is 23.8 Å². The van der Waals surface area contributed by atoms with Crippen LogP contribution in [0, 0.1) is 5.41 Å². The zero-order valence-electron chi connectivity index (χ0n) is 16.8. The van der Waals surface area contributed by atoms with Gasteiger partial charge >= 0.3 is 6.18 Å². The zero-order valence-corrected chi connectivity index (χ0v) is 17.6. The molecule has 1 amide bonds. The topological polar surface area (TPSA) is 69.6 Å².